The van der Waals surface area contributed by atoms with Crippen molar-refractivity contribution in [2.24, 2.45) is 5.92 Å². The predicted octanol–water partition coefficient (Wildman–Crippen LogP) is 0.920. The van der Waals surface area contributed by atoms with E-state index in [1.165, 1.54) is 11.3 Å². The topological polar surface area (TPSA) is 58.2 Å². The van der Waals surface area contributed by atoms with E-state index in [4.69, 9.17) is 11.6 Å². The molecule has 1 atom stereocenters. The Labute approximate surface area is 102 Å². The quantitative estimate of drug-likeness (QED) is 0.848. The maximum atomic E-state index is 11.6. The molecular weight excluding hydrogens is 248 g/mol. The molecule has 1 saturated heterocycles. The molecule has 1 aliphatic rings. The zero-order valence-electron chi connectivity index (χ0n) is 8.46. The van der Waals surface area contributed by atoms with Crippen molar-refractivity contribution < 1.29 is 9.59 Å². The SMILES string of the molecule is O=C(NCC1CNCC1=O)c1ccc(Cl)s1. The number of ketones is 1. The first-order valence-electron chi connectivity index (χ1n) is 4.94. The van der Waals surface area contributed by atoms with Crippen molar-refractivity contribution in [3.8, 4) is 0 Å². The lowest BCUT2D eigenvalue weighted by molar-refractivity contribution is -0.119. The summed E-state index contributed by atoms with van der Waals surface area (Å²) in [6.45, 7) is 1.44. The molecule has 0 saturated carbocycles. The van der Waals surface area contributed by atoms with Gasteiger partial charge in [0.15, 0.2) is 5.78 Å². The van der Waals surface area contributed by atoms with Crippen LogP contribution >= 0.6 is 22.9 Å². The Kier molecular flexibility index (Phi) is 3.58. The van der Waals surface area contributed by atoms with Crippen LogP contribution in [0.2, 0.25) is 4.34 Å². The Bertz CT molecular complexity index is 419. The maximum absolute atomic E-state index is 11.6. The normalized spacial score (nSPS) is 20.1. The van der Waals surface area contributed by atoms with Crippen LogP contribution in [0.3, 0.4) is 0 Å². The molecule has 0 aromatic carbocycles. The molecule has 2 heterocycles. The van der Waals surface area contributed by atoms with E-state index in [2.05, 4.69) is 10.6 Å². The lowest BCUT2D eigenvalue weighted by atomic mass is 10.1. The highest BCUT2D eigenvalue weighted by Gasteiger charge is 2.24. The number of hydrogen-bond acceptors (Lipinski definition) is 4. The third-order valence-corrected chi connectivity index (χ3v) is 3.68. The van der Waals surface area contributed by atoms with Crippen molar-refractivity contribution in [2.45, 2.75) is 0 Å². The lowest BCUT2D eigenvalue weighted by Crippen LogP contribution is -2.32. The van der Waals surface area contributed by atoms with E-state index >= 15 is 0 Å². The summed E-state index contributed by atoms with van der Waals surface area (Å²) in [6.07, 6.45) is 0. The molecule has 6 heteroatoms. The predicted molar refractivity (Wildman–Crippen MR) is 63.0 cm³/mol. The van der Waals surface area contributed by atoms with Gasteiger partial charge in [-0.05, 0) is 12.1 Å². The van der Waals surface area contributed by atoms with Gasteiger partial charge < -0.3 is 10.6 Å². The zero-order valence-corrected chi connectivity index (χ0v) is 10.0. The average molecular weight is 259 g/mol. The van der Waals surface area contributed by atoms with Gasteiger partial charge in [-0.15, -0.1) is 11.3 Å². The highest BCUT2D eigenvalue weighted by molar-refractivity contribution is 7.17. The molecule has 1 aromatic heterocycles. The van der Waals surface area contributed by atoms with Gasteiger partial charge in [0.1, 0.15) is 0 Å². The van der Waals surface area contributed by atoms with Crippen molar-refractivity contribution in [1.29, 1.82) is 0 Å². The van der Waals surface area contributed by atoms with Gasteiger partial charge in [0.05, 0.1) is 15.8 Å². The molecule has 16 heavy (non-hydrogen) atoms. The van der Waals surface area contributed by atoms with Gasteiger partial charge in [-0.2, -0.15) is 0 Å². The third kappa shape index (κ3) is 2.61. The van der Waals surface area contributed by atoms with Crippen LogP contribution in [0.4, 0.5) is 0 Å². The molecule has 0 spiro atoms. The molecule has 1 aromatic rings. The van der Waals surface area contributed by atoms with Crippen molar-refractivity contribution in [1.82, 2.24) is 10.6 Å². The van der Waals surface area contributed by atoms with Crippen LogP contribution in [0.1, 0.15) is 9.67 Å². The zero-order chi connectivity index (χ0) is 11.5. The summed E-state index contributed by atoms with van der Waals surface area (Å²) >= 11 is 6.96. The number of hydrogen-bond donors (Lipinski definition) is 2. The molecule has 2 rings (SSSR count). The molecular formula is C10H11ClN2O2S. The van der Waals surface area contributed by atoms with E-state index < -0.39 is 0 Å². The van der Waals surface area contributed by atoms with Crippen molar-refractivity contribution in [3.63, 3.8) is 0 Å². The molecule has 0 bridgehead atoms. The van der Waals surface area contributed by atoms with Crippen LogP contribution in [0.5, 0.6) is 0 Å². The Morgan fingerprint density at radius 2 is 2.44 bits per heavy atom. The summed E-state index contributed by atoms with van der Waals surface area (Å²) in [5, 5.41) is 5.71. The molecule has 86 valence electrons. The monoisotopic (exact) mass is 258 g/mol. The minimum Gasteiger partial charge on any atom is -0.351 e. The lowest BCUT2D eigenvalue weighted by Gasteiger charge is -2.07. The molecule has 1 aliphatic heterocycles. The smallest absolute Gasteiger partial charge is 0.261 e. The van der Waals surface area contributed by atoms with E-state index in [0.29, 0.717) is 28.8 Å². The van der Waals surface area contributed by atoms with Gasteiger partial charge in [0, 0.05) is 19.0 Å². The summed E-state index contributed by atoms with van der Waals surface area (Å²) in [5.74, 6) is -0.111. The van der Waals surface area contributed by atoms with E-state index in [-0.39, 0.29) is 17.6 Å². The first-order chi connectivity index (χ1) is 7.66. The first kappa shape index (κ1) is 11.6. The number of carbonyl (C=O) groups excluding carboxylic acids is 2. The van der Waals surface area contributed by atoms with E-state index in [9.17, 15) is 9.59 Å². The second-order valence-electron chi connectivity index (χ2n) is 3.61. The van der Waals surface area contributed by atoms with Gasteiger partial charge in [0.2, 0.25) is 0 Å². The van der Waals surface area contributed by atoms with Gasteiger partial charge >= 0.3 is 0 Å². The van der Waals surface area contributed by atoms with Crippen LogP contribution in [-0.2, 0) is 4.79 Å². The fourth-order valence-electron chi connectivity index (χ4n) is 1.55. The van der Waals surface area contributed by atoms with Crippen LogP contribution in [0.25, 0.3) is 0 Å². The summed E-state index contributed by atoms with van der Waals surface area (Å²) in [4.78, 5) is 23.5. The van der Waals surface area contributed by atoms with Crippen molar-refractivity contribution >= 4 is 34.6 Å². The number of nitrogens with one attached hydrogen (secondary N) is 2. The number of carbonyl (C=O) groups is 2. The van der Waals surface area contributed by atoms with Crippen LogP contribution < -0.4 is 10.6 Å². The number of halogens is 1. The second-order valence-corrected chi connectivity index (χ2v) is 5.32. The summed E-state index contributed by atoms with van der Waals surface area (Å²) in [5.41, 5.74) is 0. The minimum atomic E-state index is -0.170. The molecule has 0 radical (unpaired) electrons. The number of rotatable bonds is 3. The molecule has 2 N–H and O–H groups in total. The van der Waals surface area contributed by atoms with Crippen LogP contribution in [0.15, 0.2) is 12.1 Å². The fraction of sp³-hybridized carbons (Fsp3) is 0.400. The van der Waals surface area contributed by atoms with Gasteiger partial charge in [-0.1, -0.05) is 11.6 Å². The molecule has 1 fully saturated rings. The van der Waals surface area contributed by atoms with Gasteiger partial charge in [0.25, 0.3) is 5.91 Å². The number of thiophene rings is 1. The van der Waals surface area contributed by atoms with E-state index in [0.717, 1.165) is 0 Å². The number of Topliss-reactive ketones (excluding diaryl/α,β-unsaturated/α-hetero) is 1. The van der Waals surface area contributed by atoms with E-state index in [1.54, 1.807) is 12.1 Å². The molecule has 1 unspecified atom stereocenters. The molecule has 4 nitrogen and oxygen atoms in total. The van der Waals surface area contributed by atoms with Crippen molar-refractivity contribution in [2.75, 3.05) is 19.6 Å². The van der Waals surface area contributed by atoms with Crippen LogP contribution in [0, 0.1) is 5.92 Å². The second kappa shape index (κ2) is 4.95. The minimum absolute atomic E-state index is 0.0978. The third-order valence-electron chi connectivity index (χ3n) is 2.45. The average Bonchev–Trinajstić information content (AvgIpc) is 2.84. The summed E-state index contributed by atoms with van der Waals surface area (Å²) < 4.78 is 0.587. The highest BCUT2D eigenvalue weighted by atomic mass is 35.5. The summed E-state index contributed by atoms with van der Waals surface area (Å²) in [6, 6.07) is 3.36. The molecule has 0 aliphatic carbocycles. The van der Waals surface area contributed by atoms with Crippen LogP contribution in [-0.4, -0.2) is 31.3 Å². The number of amides is 1. The van der Waals surface area contributed by atoms with Gasteiger partial charge in [-0.25, -0.2) is 0 Å². The first-order valence-corrected chi connectivity index (χ1v) is 6.13. The Morgan fingerprint density at radius 3 is 3.00 bits per heavy atom. The van der Waals surface area contributed by atoms with Crippen molar-refractivity contribution in [3.05, 3.63) is 21.3 Å². The molecule has 1 amide bonds. The standard InChI is InChI=1S/C10H11ClN2O2S/c11-9-2-1-8(16-9)10(15)13-4-6-3-12-5-7(6)14/h1-2,6,12H,3-5H2,(H,13,15). The Morgan fingerprint density at radius 1 is 1.62 bits per heavy atom. The maximum Gasteiger partial charge on any atom is 0.261 e. The van der Waals surface area contributed by atoms with E-state index in [1.807, 2.05) is 0 Å². The van der Waals surface area contributed by atoms with Gasteiger partial charge in [-0.3, -0.25) is 9.59 Å². The Hall–Kier alpha value is -0.910. The largest absolute Gasteiger partial charge is 0.351 e. The summed E-state index contributed by atoms with van der Waals surface area (Å²) in [7, 11) is 0. The highest BCUT2D eigenvalue weighted by Crippen LogP contribution is 2.21. The Balaban J connectivity index is 1.86. The fourth-order valence-corrected chi connectivity index (χ4v) is 2.51.